The van der Waals surface area contributed by atoms with Crippen molar-refractivity contribution >= 4 is 0 Å². The summed E-state index contributed by atoms with van der Waals surface area (Å²) in [5.41, 5.74) is 3.32. The first kappa shape index (κ1) is 8.31. The van der Waals surface area contributed by atoms with E-state index in [1.165, 1.54) is 38.8 Å². The molecule has 0 N–H and O–H groups in total. The maximum absolute atomic E-state index is 2.67. The number of nitrogens with zero attached hydrogens (tertiary/aromatic N) is 1. The molecule has 12 heavy (non-hydrogen) atoms. The SMILES string of the molecule is CC1=C(C)C2CCCCN2CC1. The third-order valence-corrected chi connectivity index (χ3v) is 3.56. The van der Waals surface area contributed by atoms with Crippen molar-refractivity contribution in [3.05, 3.63) is 11.1 Å². The molecule has 2 aliphatic heterocycles. The van der Waals surface area contributed by atoms with Crippen molar-refractivity contribution in [2.45, 2.75) is 45.6 Å². The third kappa shape index (κ3) is 1.31. The van der Waals surface area contributed by atoms with Crippen molar-refractivity contribution < 1.29 is 0 Å². The quantitative estimate of drug-likeness (QED) is 0.499. The van der Waals surface area contributed by atoms with E-state index < -0.39 is 0 Å². The van der Waals surface area contributed by atoms with Gasteiger partial charge in [-0.25, -0.2) is 0 Å². The molecule has 1 nitrogen and oxygen atoms in total. The van der Waals surface area contributed by atoms with Crippen LogP contribution in [0.3, 0.4) is 0 Å². The van der Waals surface area contributed by atoms with Crippen LogP contribution in [-0.4, -0.2) is 24.0 Å². The van der Waals surface area contributed by atoms with Crippen LogP contribution in [0.15, 0.2) is 11.1 Å². The molecule has 1 unspecified atom stereocenters. The molecular formula is C11H19N. The Balaban J connectivity index is 2.17. The van der Waals surface area contributed by atoms with Gasteiger partial charge in [0.1, 0.15) is 0 Å². The summed E-state index contributed by atoms with van der Waals surface area (Å²) in [6.07, 6.45) is 5.57. The Hall–Kier alpha value is -0.300. The highest BCUT2D eigenvalue weighted by atomic mass is 15.2. The second-order valence-electron chi connectivity index (χ2n) is 4.26. The lowest BCUT2D eigenvalue weighted by atomic mass is 9.88. The molecule has 0 aromatic heterocycles. The Bertz CT molecular complexity index is 205. The zero-order valence-corrected chi connectivity index (χ0v) is 8.27. The van der Waals surface area contributed by atoms with Gasteiger partial charge >= 0.3 is 0 Å². The van der Waals surface area contributed by atoms with Gasteiger partial charge in [0.25, 0.3) is 0 Å². The first-order valence-electron chi connectivity index (χ1n) is 5.19. The molecule has 0 aromatic carbocycles. The van der Waals surface area contributed by atoms with Crippen molar-refractivity contribution in [2.75, 3.05) is 13.1 Å². The third-order valence-electron chi connectivity index (χ3n) is 3.56. The second kappa shape index (κ2) is 3.21. The van der Waals surface area contributed by atoms with E-state index in [4.69, 9.17) is 0 Å². The van der Waals surface area contributed by atoms with Crippen molar-refractivity contribution in [1.29, 1.82) is 0 Å². The first-order chi connectivity index (χ1) is 5.79. The first-order valence-corrected chi connectivity index (χ1v) is 5.19. The van der Waals surface area contributed by atoms with Crippen LogP contribution >= 0.6 is 0 Å². The monoisotopic (exact) mass is 165 g/mol. The fourth-order valence-corrected chi connectivity index (χ4v) is 2.54. The molecule has 1 atom stereocenters. The minimum absolute atomic E-state index is 0.812. The van der Waals surface area contributed by atoms with Crippen LogP contribution in [0.4, 0.5) is 0 Å². The molecule has 0 saturated carbocycles. The lowest BCUT2D eigenvalue weighted by molar-refractivity contribution is 0.162. The van der Waals surface area contributed by atoms with Gasteiger partial charge in [-0.1, -0.05) is 17.6 Å². The second-order valence-corrected chi connectivity index (χ2v) is 4.26. The van der Waals surface area contributed by atoms with Gasteiger partial charge in [-0.15, -0.1) is 0 Å². The van der Waals surface area contributed by atoms with Gasteiger partial charge in [-0.3, -0.25) is 4.90 Å². The summed E-state index contributed by atoms with van der Waals surface area (Å²) in [5.74, 6) is 0. The average molecular weight is 165 g/mol. The fourth-order valence-electron chi connectivity index (χ4n) is 2.54. The van der Waals surface area contributed by atoms with E-state index in [1.807, 2.05) is 0 Å². The summed E-state index contributed by atoms with van der Waals surface area (Å²) >= 11 is 0. The minimum atomic E-state index is 0.812. The van der Waals surface area contributed by atoms with Gasteiger partial charge < -0.3 is 0 Å². The molecule has 0 spiro atoms. The van der Waals surface area contributed by atoms with Crippen LogP contribution in [-0.2, 0) is 0 Å². The van der Waals surface area contributed by atoms with Gasteiger partial charge in [-0.2, -0.15) is 0 Å². The summed E-state index contributed by atoms with van der Waals surface area (Å²) in [6, 6.07) is 0.812. The predicted molar refractivity (Wildman–Crippen MR) is 52.2 cm³/mol. The minimum Gasteiger partial charge on any atom is -0.296 e. The van der Waals surface area contributed by atoms with E-state index in [0.29, 0.717) is 0 Å². The van der Waals surface area contributed by atoms with Crippen molar-refractivity contribution in [3.8, 4) is 0 Å². The van der Waals surface area contributed by atoms with Crippen LogP contribution in [0.5, 0.6) is 0 Å². The van der Waals surface area contributed by atoms with Gasteiger partial charge in [-0.05, 0) is 39.7 Å². The number of fused-ring (bicyclic) bond motifs is 1. The zero-order chi connectivity index (χ0) is 8.55. The molecule has 2 heterocycles. The Morgan fingerprint density at radius 1 is 1.17 bits per heavy atom. The van der Waals surface area contributed by atoms with Crippen LogP contribution in [0.1, 0.15) is 39.5 Å². The number of hydrogen-bond donors (Lipinski definition) is 0. The highest BCUT2D eigenvalue weighted by Gasteiger charge is 2.27. The normalized spacial score (nSPS) is 32.0. The summed E-state index contributed by atoms with van der Waals surface area (Å²) in [6.45, 7) is 7.29. The summed E-state index contributed by atoms with van der Waals surface area (Å²) in [4.78, 5) is 2.67. The molecule has 2 aliphatic rings. The molecule has 0 radical (unpaired) electrons. The molecule has 1 heteroatoms. The lowest BCUT2D eigenvalue weighted by Gasteiger charge is -2.40. The number of piperidine rings is 1. The Labute approximate surface area is 75.4 Å². The van der Waals surface area contributed by atoms with Gasteiger partial charge in [0.2, 0.25) is 0 Å². The zero-order valence-electron chi connectivity index (χ0n) is 8.27. The van der Waals surface area contributed by atoms with E-state index in [1.54, 1.807) is 11.1 Å². The molecule has 1 saturated heterocycles. The maximum atomic E-state index is 2.67. The Kier molecular flexibility index (Phi) is 2.22. The van der Waals surface area contributed by atoms with Crippen molar-refractivity contribution in [3.63, 3.8) is 0 Å². The highest BCUT2D eigenvalue weighted by molar-refractivity contribution is 5.20. The smallest absolute Gasteiger partial charge is 0.0307 e. The van der Waals surface area contributed by atoms with E-state index in [-0.39, 0.29) is 0 Å². The molecule has 1 fully saturated rings. The highest BCUT2D eigenvalue weighted by Crippen LogP contribution is 2.29. The number of hydrogen-bond acceptors (Lipinski definition) is 1. The molecular weight excluding hydrogens is 146 g/mol. The van der Waals surface area contributed by atoms with Crippen LogP contribution in [0, 0.1) is 0 Å². The summed E-state index contributed by atoms with van der Waals surface area (Å²) in [7, 11) is 0. The average Bonchev–Trinajstić information content (AvgIpc) is 2.12. The van der Waals surface area contributed by atoms with Crippen LogP contribution in [0.2, 0.25) is 0 Å². The molecule has 0 amide bonds. The van der Waals surface area contributed by atoms with Crippen molar-refractivity contribution in [2.24, 2.45) is 0 Å². The maximum Gasteiger partial charge on any atom is 0.0307 e. The van der Waals surface area contributed by atoms with E-state index in [0.717, 1.165) is 6.04 Å². The van der Waals surface area contributed by atoms with Gasteiger partial charge in [0, 0.05) is 12.6 Å². The standard InChI is InChI=1S/C11H19N/c1-9-6-8-12-7-4-3-5-11(12)10(9)2/h11H,3-8H2,1-2H3. The van der Waals surface area contributed by atoms with E-state index in [9.17, 15) is 0 Å². The van der Waals surface area contributed by atoms with Crippen LogP contribution in [0.25, 0.3) is 0 Å². The van der Waals surface area contributed by atoms with Gasteiger partial charge in [0.05, 0.1) is 0 Å². The largest absolute Gasteiger partial charge is 0.296 e. The van der Waals surface area contributed by atoms with E-state index in [2.05, 4.69) is 18.7 Å². The number of rotatable bonds is 0. The summed E-state index contributed by atoms with van der Waals surface area (Å²) in [5, 5.41) is 0. The fraction of sp³-hybridized carbons (Fsp3) is 0.818. The molecule has 2 rings (SSSR count). The Morgan fingerprint density at radius 3 is 2.83 bits per heavy atom. The predicted octanol–water partition coefficient (Wildman–Crippen LogP) is 2.58. The van der Waals surface area contributed by atoms with Gasteiger partial charge in [0.15, 0.2) is 0 Å². The molecule has 0 aliphatic carbocycles. The molecule has 0 aromatic rings. The topological polar surface area (TPSA) is 3.24 Å². The van der Waals surface area contributed by atoms with Crippen LogP contribution < -0.4 is 0 Å². The van der Waals surface area contributed by atoms with Crippen molar-refractivity contribution in [1.82, 2.24) is 4.90 Å². The summed E-state index contributed by atoms with van der Waals surface area (Å²) < 4.78 is 0. The lowest BCUT2D eigenvalue weighted by Crippen LogP contribution is -2.43. The van der Waals surface area contributed by atoms with E-state index >= 15 is 0 Å². The Morgan fingerprint density at radius 2 is 2.00 bits per heavy atom. The molecule has 68 valence electrons. The molecule has 0 bridgehead atoms.